The highest BCUT2D eigenvalue weighted by Gasteiger charge is 2.46. The van der Waals surface area contributed by atoms with Gasteiger partial charge >= 0.3 is 5.97 Å². The van der Waals surface area contributed by atoms with Gasteiger partial charge in [0.25, 0.3) is 0 Å². The summed E-state index contributed by atoms with van der Waals surface area (Å²) in [6.07, 6.45) is 2.54. The highest BCUT2D eigenvalue weighted by atomic mass is 79.9. The number of benzene rings is 1. The minimum absolute atomic E-state index is 0.626. The van der Waals surface area contributed by atoms with Crippen LogP contribution < -0.4 is 0 Å². The summed E-state index contributed by atoms with van der Waals surface area (Å²) in [4.78, 5) is 11.5. The van der Waals surface area contributed by atoms with Crippen molar-refractivity contribution in [1.82, 2.24) is 0 Å². The van der Waals surface area contributed by atoms with Gasteiger partial charge in [-0.1, -0.05) is 22.4 Å². The van der Waals surface area contributed by atoms with Crippen molar-refractivity contribution < 1.29 is 9.90 Å². The maximum atomic E-state index is 11.5. The van der Waals surface area contributed by atoms with Gasteiger partial charge in [-0.05, 0) is 55.5 Å². The number of aliphatic carboxylic acids is 1. The zero-order valence-corrected chi connectivity index (χ0v) is 11.1. The molecule has 1 aliphatic rings. The SMILES string of the molecule is Cc1cc(Br)cc(C2(C(=O)O)CCC2)c1C. The summed E-state index contributed by atoms with van der Waals surface area (Å²) in [5.41, 5.74) is 2.62. The van der Waals surface area contributed by atoms with Crippen LogP contribution in [0.25, 0.3) is 0 Å². The first-order valence-corrected chi connectivity index (χ1v) is 6.27. The predicted octanol–water partition coefficient (Wildman–Crippen LogP) is 3.57. The molecule has 1 fully saturated rings. The Morgan fingerprint density at radius 1 is 1.38 bits per heavy atom. The molecule has 1 aliphatic carbocycles. The van der Waals surface area contributed by atoms with E-state index in [4.69, 9.17) is 0 Å². The Morgan fingerprint density at radius 3 is 2.44 bits per heavy atom. The van der Waals surface area contributed by atoms with Crippen molar-refractivity contribution in [2.75, 3.05) is 0 Å². The van der Waals surface area contributed by atoms with E-state index in [0.29, 0.717) is 0 Å². The zero-order chi connectivity index (χ0) is 11.9. The van der Waals surface area contributed by atoms with Crippen LogP contribution in [-0.2, 0) is 10.2 Å². The molecule has 0 amide bonds. The smallest absolute Gasteiger partial charge is 0.314 e. The van der Waals surface area contributed by atoms with Crippen LogP contribution in [0.1, 0.15) is 36.0 Å². The van der Waals surface area contributed by atoms with Crippen LogP contribution in [0.15, 0.2) is 16.6 Å². The van der Waals surface area contributed by atoms with Gasteiger partial charge in [0.15, 0.2) is 0 Å². The third kappa shape index (κ3) is 1.58. The molecule has 3 heteroatoms. The predicted molar refractivity (Wildman–Crippen MR) is 66.8 cm³/mol. The minimum atomic E-state index is -0.681. The van der Waals surface area contributed by atoms with Crippen molar-refractivity contribution in [2.45, 2.75) is 38.5 Å². The Balaban J connectivity index is 2.59. The second-order valence-corrected chi connectivity index (χ2v) is 5.55. The van der Waals surface area contributed by atoms with E-state index in [2.05, 4.69) is 15.9 Å². The third-order valence-electron chi connectivity index (χ3n) is 3.76. The Kier molecular flexibility index (Phi) is 2.82. The van der Waals surface area contributed by atoms with Gasteiger partial charge in [-0.15, -0.1) is 0 Å². The Labute approximate surface area is 104 Å². The maximum absolute atomic E-state index is 11.5. The van der Waals surface area contributed by atoms with E-state index in [1.54, 1.807) is 0 Å². The largest absolute Gasteiger partial charge is 0.481 e. The van der Waals surface area contributed by atoms with Gasteiger partial charge in [-0.25, -0.2) is 0 Å². The molecule has 0 spiro atoms. The summed E-state index contributed by atoms with van der Waals surface area (Å²) in [5, 5.41) is 9.43. The van der Waals surface area contributed by atoms with Crippen LogP contribution in [0.3, 0.4) is 0 Å². The zero-order valence-electron chi connectivity index (χ0n) is 9.51. The quantitative estimate of drug-likeness (QED) is 0.900. The van der Waals surface area contributed by atoms with Gasteiger partial charge in [0.2, 0.25) is 0 Å². The van der Waals surface area contributed by atoms with Crippen LogP contribution in [-0.4, -0.2) is 11.1 Å². The van der Waals surface area contributed by atoms with E-state index in [-0.39, 0.29) is 0 Å². The van der Waals surface area contributed by atoms with Crippen molar-refractivity contribution >= 4 is 21.9 Å². The van der Waals surface area contributed by atoms with E-state index in [1.165, 1.54) is 0 Å². The molecule has 86 valence electrons. The number of carbonyl (C=O) groups is 1. The van der Waals surface area contributed by atoms with Gasteiger partial charge in [0.1, 0.15) is 0 Å². The molecule has 0 heterocycles. The molecule has 0 bridgehead atoms. The Hall–Kier alpha value is -0.830. The Morgan fingerprint density at radius 2 is 2.00 bits per heavy atom. The summed E-state index contributed by atoms with van der Waals surface area (Å²) in [6.45, 7) is 4.04. The van der Waals surface area contributed by atoms with E-state index in [9.17, 15) is 9.90 Å². The average Bonchev–Trinajstić information content (AvgIpc) is 2.10. The van der Waals surface area contributed by atoms with Gasteiger partial charge in [-0.2, -0.15) is 0 Å². The van der Waals surface area contributed by atoms with Crippen LogP contribution in [0.5, 0.6) is 0 Å². The number of hydrogen-bond donors (Lipinski definition) is 1. The standard InChI is InChI=1S/C13H15BrO2/c1-8-6-10(14)7-11(9(8)2)13(12(15)16)4-3-5-13/h6-7H,3-5H2,1-2H3,(H,15,16). The average molecular weight is 283 g/mol. The molecule has 0 unspecified atom stereocenters. The number of hydrogen-bond acceptors (Lipinski definition) is 1. The maximum Gasteiger partial charge on any atom is 0.314 e. The molecule has 2 nitrogen and oxygen atoms in total. The van der Waals surface area contributed by atoms with Crippen LogP contribution in [0.4, 0.5) is 0 Å². The van der Waals surface area contributed by atoms with Crippen molar-refractivity contribution in [3.63, 3.8) is 0 Å². The molecule has 1 aromatic rings. The molecule has 1 N–H and O–H groups in total. The first-order valence-electron chi connectivity index (χ1n) is 5.48. The molecule has 0 aliphatic heterocycles. The number of carboxylic acids is 1. The van der Waals surface area contributed by atoms with E-state index < -0.39 is 11.4 Å². The van der Waals surface area contributed by atoms with Crippen molar-refractivity contribution in [3.8, 4) is 0 Å². The third-order valence-corrected chi connectivity index (χ3v) is 4.22. The summed E-state index contributed by atoms with van der Waals surface area (Å²) in [6, 6.07) is 4.00. The summed E-state index contributed by atoms with van der Waals surface area (Å²) < 4.78 is 0.970. The van der Waals surface area contributed by atoms with Gasteiger partial charge in [0.05, 0.1) is 5.41 Å². The van der Waals surface area contributed by atoms with Crippen molar-refractivity contribution in [3.05, 3.63) is 33.3 Å². The fraction of sp³-hybridized carbons (Fsp3) is 0.462. The van der Waals surface area contributed by atoms with Crippen molar-refractivity contribution in [2.24, 2.45) is 0 Å². The number of rotatable bonds is 2. The van der Waals surface area contributed by atoms with Crippen molar-refractivity contribution in [1.29, 1.82) is 0 Å². The molecular formula is C13H15BrO2. The molecule has 2 rings (SSSR count). The molecule has 0 aromatic heterocycles. The van der Waals surface area contributed by atoms with Gasteiger partial charge < -0.3 is 5.11 Å². The monoisotopic (exact) mass is 282 g/mol. The number of halogens is 1. The first kappa shape index (κ1) is 11.6. The van der Waals surface area contributed by atoms with Gasteiger partial charge in [-0.3, -0.25) is 4.79 Å². The summed E-state index contributed by atoms with van der Waals surface area (Å²) in [5.74, 6) is -0.681. The molecule has 1 aromatic carbocycles. The fourth-order valence-electron chi connectivity index (χ4n) is 2.44. The molecule has 0 saturated heterocycles. The highest BCUT2D eigenvalue weighted by molar-refractivity contribution is 9.10. The topological polar surface area (TPSA) is 37.3 Å². The lowest BCUT2D eigenvalue weighted by atomic mass is 9.63. The molecule has 16 heavy (non-hydrogen) atoms. The first-order chi connectivity index (χ1) is 7.47. The normalized spacial score (nSPS) is 17.9. The Bertz CT molecular complexity index is 447. The van der Waals surface area contributed by atoms with Gasteiger partial charge in [0, 0.05) is 4.47 Å². The number of aryl methyl sites for hydroxylation is 1. The second-order valence-electron chi connectivity index (χ2n) is 4.64. The van der Waals surface area contributed by atoms with Crippen LogP contribution in [0.2, 0.25) is 0 Å². The van der Waals surface area contributed by atoms with E-state index in [0.717, 1.165) is 40.4 Å². The molecule has 0 radical (unpaired) electrons. The number of carboxylic acid groups (broad SMARTS) is 1. The van der Waals surface area contributed by atoms with Crippen LogP contribution >= 0.6 is 15.9 Å². The molecule has 0 atom stereocenters. The second kappa shape index (κ2) is 3.88. The summed E-state index contributed by atoms with van der Waals surface area (Å²) >= 11 is 3.45. The van der Waals surface area contributed by atoms with E-state index >= 15 is 0 Å². The summed E-state index contributed by atoms with van der Waals surface area (Å²) in [7, 11) is 0. The van der Waals surface area contributed by atoms with Crippen LogP contribution in [0, 0.1) is 13.8 Å². The van der Waals surface area contributed by atoms with E-state index in [1.807, 2.05) is 26.0 Å². The highest BCUT2D eigenvalue weighted by Crippen LogP contribution is 2.46. The lowest BCUT2D eigenvalue weighted by Gasteiger charge is -2.39. The molecular weight excluding hydrogens is 268 g/mol. The minimum Gasteiger partial charge on any atom is -0.481 e. The lowest BCUT2D eigenvalue weighted by Crippen LogP contribution is -2.43. The fourth-order valence-corrected chi connectivity index (χ4v) is 3.01. The molecule has 1 saturated carbocycles. The lowest BCUT2D eigenvalue weighted by molar-refractivity contribution is -0.147.